The summed E-state index contributed by atoms with van der Waals surface area (Å²) in [7, 11) is 0. The molecule has 0 aliphatic carbocycles. The number of carbonyl (C=O) groups is 1. The third-order valence-electron chi connectivity index (χ3n) is 2.58. The van der Waals surface area contributed by atoms with Crippen molar-refractivity contribution < 1.29 is 9.53 Å². The Morgan fingerprint density at radius 3 is 2.53 bits per heavy atom. The Balaban J connectivity index is 1.88. The molecule has 0 saturated carbocycles. The molecule has 0 spiro atoms. The number of nitrogens with one attached hydrogen (secondary N) is 1. The SMILES string of the molecule is Cc1ccccc1OCC(=O)Nc1ccc(Br)cc1. The molecule has 2 aromatic carbocycles. The lowest BCUT2D eigenvalue weighted by Gasteiger charge is -2.09. The Kier molecular flexibility index (Phi) is 4.58. The van der Waals surface area contributed by atoms with Gasteiger partial charge in [0.05, 0.1) is 0 Å². The standard InChI is InChI=1S/C15H14BrNO2/c1-11-4-2-3-5-14(11)19-10-15(18)17-13-8-6-12(16)7-9-13/h2-9H,10H2,1H3,(H,17,18). The molecule has 4 heteroatoms. The number of para-hydroxylation sites is 1. The zero-order chi connectivity index (χ0) is 13.7. The summed E-state index contributed by atoms with van der Waals surface area (Å²) in [6, 6.07) is 15.0. The van der Waals surface area contributed by atoms with E-state index in [-0.39, 0.29) is 12.5 Å². The van der Waals surface area contributed by atoms with Crippen LogP contribution in [0.4, 0.5) is 5.69 Å². The average molecular weight is 320 g/mol. The molecule has 0 heterocycles. The van der Waals surface area contributed by atoms with E-state index in [1.54, 1.807) is 0 Å². The Morgan fingerprint density at radius 1 is 1.16 bits per heavy atom. The van der Waals surface area contributed by atoms with E-state index in [2.05, 4.69) is 21.2 Å². The molecule has 0 bridgehead atoms. The lowest BCUT2D eigenvalue weighted by Crippen LogP contribution is -2.20. The second-order valence-corrected chi connectivity index (χ2v) is 5.02. The maximum Gasteiger partial charge on any atom is 0.262 e. The Bertz CT molecular complexity index is 567. The first-order chi connectivity index (χ1) is 9.15. The summed E-state index contributed by atoms with van der Waals surface area (Å²) in [6.45, 7) is 1.95. The van der Waals surface area contributed by atoms with E-state index in [0.717, 1.165) is 21.5 Å². The number of rotatable bonds is 4. The number of aryl methyl sites for hydroxylation is 1. The summed E-state index contributed by atoms with van der Waals surface area (Å²) in [4.78, 5) is 11.7. The molecule has 0 unspecified atom stereocenters. The van der Waals surface area contributed by atoms with Crippen LogP contribution in [0.3, 0.4) is 0 Å². The highest BCUT2D eigenvalue weighted by molar-refractivity contribution is 9.10. The fourth-order valence-corrected chi connectivity index (χ4v) is 1.86. The first-order valence-electron chi connectivity index (χ1n) is 5.89. The van der Waals surface area contributed by atoms with Crippen LogP contribution >= 0.6 is 15.9 Å². The molecule has 0 saturated heterocycles. The summed E-state index contributed by atoms with van der Waals surface area (Å²) < 4.78 is 6.45. The van der Waals surface area contributed by atoms with E-state index in [9.17, 15) is 4.79 Å². The Hall–Kier alpha value is -1.81. The third-order valence-corrected chi connectivity index (χ3v) is 3.11. The molecule has 1 N–H and O–H groups in total. The van der Waals surface area contributed by atoms with Gasteiger partial charge in [-0.2, -0.15) is 0 Å². The molecule has 0 atom stereocenters. The van der Waals surface area contributed by atoms with E-state index in [4.69, 9.17) is 4.74 Å². The van der Waals surface area contributed by atoms with E-state index in [1.165, 1.54) is 0 Å². The molecule has 0 radical (unpaired) electrons. The highest BCUT2D eigenvalue weighted by Crippen LogP contribution is 2.16. The molecule has 1 amide bonds. The topological polar surface area (TPSA) is 38.3 Å². The Morgan fingerprint density at radius 2 is 1.84 bits per heavy atom. The van der Waals surface area contributed by atoms with Crippen LogP contribution in [0.2, 0.25) is 0 Å². The van der Waals surface area contributed by atoms with Crippen molar-refractivity contribution >= 4 is 27.5 Å². The number of benzene rings is 2. The maximum absolute atomic E-state index is 11.7. The van der Waals surface area contributed by atoms with Crippen molar-refractivity contribution in [3.05, 3.63) is 58.6 Å². The summed E-state index contributed by atoms with van der Waals surface area (Å²) in [5.41, 5.74) is 1.76. The van der Waals surface area contributed by atoms with Gasteiger partial charge in [0.25, 0.3) is 5.91 Å². The minimum absolute atomic E-state index is 0.000910. The predicted molar refractivity (Wildman–Crippen MR) is 79.4 cm³/mol. The Labute approximate surface area is 120 Å². The number of carbonyl (C=O) groups excluding carboxylic acids is 1. The van der Waals surface area contributed by atoms with Gasteiger partial charge in [-0.15, -0.1) is 0 Å². The monoisotopic (exact) mass is 319 g/mol. The smallest absolute Gasteiger partial charge is 0.262 e. The number of amides is 1. The van der Waals surface area contributed by atoms with Gasteiger partial charge in [0.15, 0.2) is 6.61 Å². The van der Waals surface area contributed by atoms with Gasteiger partial charge in [0, 0.05) is 10.2 Å². The molecule has 3 nitrogen and oxygen atoms in total. The minimum atomic E-state index is -0.175. The molecule has 0 aliphatic rings. The molecule has 2 aromatic rings. The second kappa shape index (κ2) is 6.38. The molecule has 98 valence electrons. The van der Waals surface area contributed by atoms with Gasteiger partial charge in [-0.1, -0.05) is 34.1 Å². The summed E-state index contributed by atoms with van der Waals surface area (Å²) in [5, 5.41) is 2.77. The van der Waals surface area contributed by atoms with Crippen LogP contribution in [0.25, 0.3) is 0 Å². The van der Waals surface area contributed by atoms with Crippen LogP contribution in [0.5, 0.6) is 5.75 Å². The zero-order valence-corrected chi connectivity index (χ0v) is 12.1. The second-order valence-electron chi connectivity index (χ2n) is 4.11. The number of halogens is 1. The van der Waals surface area contributed by atoms with E-state index in [0.29, 0.717) is 0 Å². The number of hydrogen-bond donors (Lipinski definition) is 1. The van der Waals surface area contributed by atoms with E-state index in [1.807, 2.05) is 55.5 Å². The van der Waals surface area contributed by atoms with Crippen molar-refractivity contribution in [1.29, 1.82) is 0 Å². The normalized spacial score (nSPS) is 10.0. The lowest BCUT2D eigenvalue weighted by atomic mass is 10.2. The van der Waals surface area contributed by atoms with Crippen LogP contribution in [0, 0.1) is 6.92 Å². The van der Waals surface area contributed by atoms with E-state index >= 15 is 0 Å². The average Bonchev–Trinajstić information content (AvgIpc) is 2.40. The van der Waals surface area contributed by atoms with Crippen LogP contribution < -0.4 is 10.1 Å². The van der Waals surface area contributed by atoms with Crippen molar-refractivity contribution in [1.82, 2.24) is 0 Å². The highest BCUT2D eigenvalue weighted by atomic mass is 79.9. The molecule has 0 aromatic heterocycles. The van der Waals surface area contributed by atoms with Crippen molar-refractivity contribution in [3.63, 3.8) is 0 Å². The number of anilines is 1. The number of hydrogen-bond acceptors (Lipinski definition) is 2. The van der Waals surface area contributed by atoms with Crippen LogP contribution in [-0.2, 0) is 4.79 Å². The summed E-state index contributed by atoms with van der Waals surface area (Å²) in [5.74, 6) is 0.555. The minimum Gasteiger partial charge on any atom is -0.483 e. The fraction of sp³-hybridized carbons (Fsp3) is 0.133. The maximum atomic E-state index is 11.7. The van der Waals surface area contributed by atoms with Crippen molar-refractivity contribution in [2.45, 2.75) is 6.92 Å². The predicted octanol–water partition coefficient (Wildman–Crippen LogP) is 3.78. The van der Waals surface area contributed by atoms with Crippen molar-refractivity contribution in [2.24, 2.45) is 0 Å². The highest BCUT2D eigenvalue weighted by Gasteiger charge is 2.04. The first kappa shape index (κ1) is 13.6. The lowest BCUT2D eigenvalue weighted by molar-refractivity contribution is -0.118. The molecule has 0 fully saturated rings. The van der Waals surface area contributed by atoms with Crippen LogP contribution in [0.15, 0.2) is 53.0 Å². The van der Waals surface area contributed by atoms with Gasteiger partial charge >= 0.3 is 0 Å². The molecule has 2 rings (SSSR count). The van der Waals surface area contributed by atoms with Gasteiger partial charge in [-0.25, -0.2) is 0 Å². The van der Waals surface area contributed by atoms with Crippen LogP contribution in [-0.4, -0.2) is 12.5 Å². The zero-order valence-electron chi connectivity index (χ0n) is 10.5. The van der Waals surface area contributed by atoms with E-state index < -0.39 is 0 Å². The first-order valence-corrected chi connectivity index (χ1v) is 6.68. The fourth-order valence-electron chi connectivity index (χ4n) is 1.59. The van der Waals surface area contributed by atoms with Crippen molar-refractivity contribution in [2.75, 3.05) is 11.9 Å². The summed E-state index contributed by atoms with van der Waals surface area (Å²) >= 11 is 3.34. The van der Waals surface area contributed by atoms with Gasteiger partial charge in [0.2, 0.25) is 0 Å². The molecular weight excluding hydrogens is 306 g/mol. The third kappa shape index (κ3) is 4.10. The van der Waals surface area contributed by atoms with Crippen LogP contribution in [0.1, 0.15) is 5.56 Å². The summed E-state index contributed by atoms with van der Waals surface area (Å²) in [6.07, 6.45) is 0. The van der Waals surface area contributed by atoms with Gasteiger partial charge < -0.3 is 10.1 Å². The largest absolute Gasteiger partial charge is 0.483 e. The molecule has 19 heavy (non-hydrogen) atoms. The molecule has 0 aliphatic heterocycles. The number of ether oxygens (including phenoxy) is 1. The van der Waals surface area contributed by atoms with Gasteiger partial charge in [-0.05, 0) is 42.8 Å². The quantitative estimate of drug-likeness (QED) is 0.931. The van der Waals surface area contributed by atoms with Crippen molar-refractivity contribution in [3.8, 4) is 5.75 Å². The van der Waals surface area contributed by atoms with Gasteiger partial charge in [0.1, 0.15) is 5.75 Å². The molecular formula is C15H14BrNO2. The van der Waals surface area contributed by atoms with Gasteiger partial charge in [-0.3, -0.25) is 4.79 Å².